The number of aromatic nitrogens is 1. The number of nitriles is 1. The number of hydrogen-bond donors (Lipinski definition) is 0. The summed E-state index contributed by atoms with van der Waals surface area (Å²) in [6, 6.07) is 2.23. The molecule has 0 aromatic carbocycles. The van der Waals surface area contributed by atoms with Gasteiger partial charge in [0.15, 0.2) is 0 Å². The first-order chi connectivity index (χ1) is 7.04. The van der Waals surface area contributed by atoms with Crippen LogP contribution in [0.4, 0.5) is 0 Å². The van der Waals surface area contributed by atoms with E-state index in [4.69, 9.17) is 5.26 Å². The second kappa shape index (κ2) is 5.24. The second-order valence-electron chi connectivity index (χ2n) is 4.14. The van der Waals surface area contributed by atoms with Crippen molar-refractivity contribution in [2.45, 2.75) is 26.2 Å². The van der Waals surface area contributed by atoms with Gasteiger partial charge in [0.1, 0.15) is 10.9 Å². The van der Waals surface area contributed by atoms with E-state index in [0.717, 1.165) is 28.5 Å². The lowest BCUT2D eigenvalue weighted by Gasteiger charge is -2.06. The number of hydrogen-bond acceptors (Lipinski definition) is 4. The van der Waals surface area contributed by atoms with Crippen molar-refractivity contribution in [1.82, 2.24) is 9.88 Å². The van der Waals surface area contributed by atoms with E-state index in [1.165, 1.54) is 11.3 Å². The third kappa shape index (κ3) is 3.29. The van der Waals surface area contributed by atoms with E-state index in [-0.39, 0.29) is 0 Å². The Kier molecular flexibility index (Phi) is 4.25. The van der Waals surface area contributed by atoms with Gasteiger partial charge in [0.25, 0.3) is 0 Å². The average Bonchev–Trinajstić information content (AvgIpc) is 2.57. The van der Waals surface area contributed by atoms with Crippen molar-refractivity contribution in [3.05, 3.63) is 15.6 Å². The summed E-state index contributed by atoms with van der Waals surface area (Å²) in [7, 11) is 4.09. The van der Waals surface area contributed by atoms with E-state index in [9.17, 15) is 0 Å². The molecule has 0 fully saturated rings. The summed E-state index contributed by atoms with van der Waals surface area (Å²) in [5, 5.41) is 10.0. The Morgan fingerprint density at radius 2 is 2.13 bits per heavy atom. The van der Waals surface area contributed by atoms with Gasteiger partial charge < -0.3 is 4.90 Å². The van der Waals surface area contributed by atoms with Crippen LogP contribution >= 0.6 is 11.3 Å². The Balaban J connectivity index is 2.80. The van der Waals surface area contributed by atoms with Crippen LogP contribution in [0.5, 0.6) is 0 Å². The first kappa shape index (κ1) is 12.2. The van der Waals surface area contributed by atoms with Crippen molar-refractivity contribution in [3.8, 4) is 6.07 Å². The molecular weight excluding hydrogens is 206 g/mol. The summed E-state index contributed by atoms with van der Waals surface area (Å²) in [6.45, 7) is 5.13. The Hall–Kier alpha value is -0.920. The van der Waals surface area contributed by atoms with Gasteiger partial charge in [-0.2, -0.15) is 5.26 Å². The summed E-state index contributed by atoms with van der Waals surface area (Å²) in [4.78, 5) is 7.43. The van der Waals surface area contributed by atoms with Gasteiger partial charge in [-0.1, -0.05) is 13.8 Å². The molecule has 1 rings (SSSR count). The highest BCUT2D eigenvalue weighted by Gasteiger charge is 2.13. The minimum Gasteiger partial charge on any atom is -0.309 e. The zero-order valence-corrected chi connectivity index (χ0v) is 10.6. The monoisotopic (exact) mass is 223 g/mol. The predicted molar refractivity (Wildman–Crippen MR) is 63.2 cm³/mol. The van der Waals surface area contributed by atoms with E-state index < -0.39 is 0 Å². The predicted octanol–water partition coefficient (Wildman–Crippen LogP) is 2.24. The average molecular weight is 223 g/mol. The fraction of sp³-hybridized carbons (Fsp3) is 0.636. The van der Waals surface area contributed by atoms with E-state index in [0.29, 0.717) is 5.92 Å². The zero-order chi connectivity index (χ0) is 11.4. The maximum absolute atomic E-state index is 8.97. The molecular formula is C11H17N3S. The first-order valence-corrected chi connectivity index (χ1v) is 5.90. The number of thiazole rings is 1. The third-order valence-corrected chi connectivity index (χ3v) is 3.15. The molecule has 0 N–H and O–H groups in total. The summed E-state index contributed by atoms with van der Waals surface area (Å²) in [5.74, 6) is 0.337. The fourth-order valence-electron chi connectivity index (χ4n) is 1.28. The Morgan fingerprint density at radius 3 is 2.53 bits per heavy atom. The molecule has 15 heavy (non-hydrogen) atoms. The van der Waals surface area contributed by atoms with Gasteiger partial charge in [-0.25, -0.2) is 4.98 Å². The van der Waals surface area contributed by atoms with Crippen molar-refractivity contribution in [2.75, 3.05) is 20.6 Å². The molecule has 3 nitrogen and oxygen atoms in total. The van der Waals surface area contributed by atoms with Crippen LogP contribution in [0.1, 0.15) is 35.3 Å². The van der Waals surface area contributed by atoms with Crippen molar-refractivity contribution in [2.24, 2.45) is 0 Å². The van der Waals surface area contributed by atoms with E-state index >= 15 is 0 Å². The van der Waals surface area contributed by atoms with E-state index in [1.807, 2.05) is 14.1 Å². The molecule has 0 aliphatic heterocycles. The van der Waals surface area contributed by atoms with Gasteiger partial charge in [0, 0.05) is 13.0 Å². The highest BCUT2D eigenvalue weighted by Crippen LogP contribution is 2.24. The second-order valence-corrected chi connectivity index (χ2v) is 5.23. The highest BCUT2D eigenvalue weighted by molar-refractivity contribution is 7.12. The van der Waals surface area contributed by atoms with Gasteiger partial charge in [0.2, 0.25) is 0 Å². The summed E-state index contributed by atoms with van der Waals surface area (Å²) >= 11 is 1.53. The molecule has 0 atom stereocenters. The quantitative estimate of drug-likeness (QED) is 0.786. The van der Waals surface area contributed by atoms with Crippen molar-refractivity contribution in [1.29, 1.82) is 5.26 Å². The van der Waals surface area contributed by atoms with Gasteiger partial charge in [-0.05, 0) is 20.0 Å². The normalized spacial score (nSPS) is 11.0. The maximum Gasteiger partial charge on any atom is 0.128 e. The molecule has 0 radical (unpaired) electrons. The smallest absolute Gasteiger partial charge is 0.128 e. The SMILES string of the molecule is CC(C)c1nc(CCN(C)C)sc1C#N. The molecule has 4 heteroatoms. The Bertz CT molecular complexity index is 360. The molecule has 82 valence electrons. The largest absolute Gasteiger partial charge is 0.309 e. The van der Waals surface area contributed by atoms with Crippen LogP contribution in [0, 0.1) is 11.3 Å². The molecule has 0 amide bonds. The van der Waals surface area contributed by atoms with Crippen molar-refractivity contribution in [3.63, 3.8) is 0 Å². The van der Waals surface area contributed by atoms with Crippen LogP contribution in [-0.2, 0) is 6.42 Å². The minimum atomic E-state index is 0.337. The van der Waals surface area contributed by atoms with E-state index in [1.54, 1.807) is 0 Å². The number of rotatable bonds is 4. The molecule has 1 aromatic heterocycles. The molecule has 0 unspecified atom stereocenters. The lowest BCUT2D eigenvalue weighted by molar-refractivity contribution is 0.413. The van der Waals surface area contributed by atoms with Crippen LogP contribution in [0.3, 0.4) is 0 Å². The van der Waals surface area contributed by atoms with Crippen molar-refractivity contribution >= 4 is 11.3 Å². The summed E-state index contributed by atoms with van der Waals surface area (Å²) < 4.78 is 0. The van der Waals surface area contributed by atoms with Crippen LogP contribution < -0.4 is 0 Å². The molecule has 0 aliphatic carbocycles. The number of likely N-dealkylation sites (N-methyl/N-ethyl adjacent to an activating group) is 1. The van der Waals surface area contributed by atoms with Gasteiger partial charge in [-0.3, -0.25) is 0 Å². The molecule has 0 aliphatic rings. The molecule has 0 saturated heterocycles. The standard InChI is InChI=1S/C11H17N3S/c1-8(2)11-9(7-12)15-10(13-11)5-6-14(3)4/h8H,5-6H2,1-4H3. The van der Waals surface area contributed by atoms with Crippen molar-refractivity contribution < 1.29 is 0 Å². The third-order valence-electron chi connectivity index (χ3n) is 2.12. The summed E-state index contributed by atoms with van der Waals surface area (Å²) in [6.07, 6.45) is 0.930. The number of nitrogens with zero attached hydrogens (tertiary/aromatic N) is 3. The molecule has 0 saturated carbocycles. The Labute approximate surface area is 95.4 Å². The topological polar surface area (TPSA) is 39.9 Å². The lowest BCUT2D eigenvalue weighted by Crippen LogP contribution is -2.14. The maximum atomic E-state index is 8.97. The van der Waals surface area contributed by atoms with Crippen LogP contribution in [0.25, 0.3) is 0 Å². The highest BCUT2D eigenvalue weighted by atomic mass is 32.1. The fourth-order valence-corrected chi connectivity index (χ4v) is 2.28. The van der Waals surface area contributed by atoms with Crippen LogP contribution in [0.2, 0.25) is 0 Å². The minimum absolute atomic E-state index is 0.337. The van der Waals surface area contributed by atoms with Crippen LogP contribution in [0.15, 0.2) is 0 Å². The summed E-state index contributed by atoms with van der Waals surface area (Å²) in [5.41, 5.74) is 0.955. The van der Waals surface area contributed by atoms with Gasteiger partial charge in [-0.15, -0.1) is 11.3 Å². The molecule has 0 spiro atoms. The van der Waals surface area contributed by atoms with Crippen LogP contribution in [-0.4, -0.2) is 30.5 Å². The molecule has 1 aromatic rings. The zero-order valence-electron chi connectivity index (χ0n) is 9.74. The van der Waals surface area contributed by atoms with Gasteiger partial charge >= 0.3 is 0 Å². The molecule has 0 bridgehead atoms. The lowest BCUT2D eigenvalue weighted by atomic mass is 10.1. The Morgan fingerprint density at radius 1 is 1.47 bits per heavy atom. The first-order valence-electron chi connectivity index (χ1n) is 5.09. The molecule has 1 heterocycles. The van der Waals surface area contributed by atoms with Gasteiger partial charge in [0.05, 0.1) is 10.7 Å². The van der Waals surface area contributed by atoms with E-state index in [2.05, 4.69) is 29.8 Å².